The minimum absolute atomic E-state index is 0.240. The average molecular weight is 266 g/mol. The maximum Gasteiger partial charge on any atom is 0.302 e. The lowest BCUT2D eigenvalue weighted by molar-refractivity contribution is -0.671. The van der Waals surface area contributed by atoms with Gasteiger partial charge in [0.05, 0.1) is 5.39 Å². The molecule has 2 aromatic carbocycles. The molecule has 0 unspecified atom stereocenters. The van der Waals surface area contributed by atoms with Gasteiger partial charge in [-0.3, -0.25) is 4.79 Å². The molecule has 0 spiro atoms. The van der Waals surface area contributed by atoms with Gasteiger partial charge in [0.2, 0.25) is 5.52 Å². The number of fused-ring (bicyclic) bond motifs is 3. The molecule has 0 N–H and O–H groups in total. The fourth-order valence-electron chi connectivity index (χ4n) is 2.52. The smallest absolute Gasteiger partial charge is 0.302 e. The normalized spacial score (nSPS) is 10.8. The second-order valence-electron chi connectivity index (χ2n) is 4.77. The van der Waals surface area contributed by atoms with E-state index in [1.54, 1.807) is 0 Å². The van der Waals surface area contributed by atoms with E-state index in [0.717, 1.165) is 5.52 Å². The molecule has 20 heavy (non-hydrogen) atoms. The summed E-state index contributed by atoms with van der Waals surface area (Å²) in [4.78, 5) is 10.9. The van der Waals surface area contributed by atoms with Crippen LogP contribution < -0.4 is 4.57 Å². The van der Waals surface area contributed by atoms with Crippen LogP contribution in [0.4, 0.5) is 0 Å². The molecule has 100 valence electrons. The number of carbonyl (C=O) groups excluding carboxylic acids is 1. The van der Waals surface area contributed by atoms with Crippen LogP contribution in [-0.2, 0) is 16.1 Å². The van der Waals surface area contributed by atoms with Gasteiger partial charge in [-0.2, -0.15) is 4.57 Å². The van der Waals surface area contributed by atoms with Crippen molar-refractivity contribution >= 4 is 27.6 Å². The molecule has 0 atom stereocenters. The lowest BCUT2D eigenvalue weighted by Crippen LogP contribution is -2.36. The number of esters is 1. The van der Waals surface area contributed by atoms with Crippen LogP contribution in [0.3, 0.4) is 0 Å². The monoisotopic (exact) mass is 266 g/mol. The first kappa shape index (κ1) is 12.6. The summed E-state index contributed by atoms with van der Waals surface area (Å²) in [5.74, 6) is -0.240. The molecular weight excluding hydrogens is 250 g/mol. The number of para-hydroxylation sites is 1. The summed E-state index contributed by atoms with van der Waals surface area (Å²) in [7, 11) is 0. The molecular formula is C17H16NO2+. The molecule has 0 aliphatic carbocycles. The minimum atomic E-state index is -0.240. The van der Waals surface area contributed by atoms with Crippen molar-refractivity contribution in [3.05, 3.63) is 54.7 Å². The van der Waals surface area contributed by atoms with Crippen LogP contribution >= 0.6 is 0 Å². The van der Waals surface area contributed by atoms with E-state index in [1.807, 2.05) is 18.2 Å². The molecule has 0 saturated heterocycles. The lowest BCUT2D eigenvalue weighted by Gasteiger charge is -2.05. The predicted molar refractivity (Wildman–Crippen MR) is 78.3 cm³/mol. The van der Waals surface area contributed by atoms with Gasteiger partial charge in [0.1, 0.15) is 0 Å². The van der Waals surface area contributed by atoms with Crippen LogP contribution in [0.2, 0.25) is 0 Å². The number of hydrogen-bond acceptors (Lipinski definition) is 2. The maximum absolute atomic E-state index is 10.9. The Morgan fingerprint density at radius 1 is 1.05 bits per heavy atom. The predicted octanol–water partition coefficient (Wildman–Crippen LogP) is 2.84. The van der Waals surface area contributed by atoms with Crippen molar-refractivity contribution < 1.29 is 14.1 Å². The third-order valence-electron chi connectivity index (χ3n) is 3.40. The van der Waals surface area contributed by atoms with Crippen LogP contribution in [-0.4, -0.2) is 12.6 Å². The molecule has 0 aliphatic heterocycles. The average Bonchev–Trinajstić information content (AvgIpc) is 2.47. The number of nitrogens with zero attached hydrogens (tertiary/aromatic N) is 1. The zero-order chi connectivity index (χ0) is 13.9. The van der Waals surface area contributed by atoms with E-state index >= 15 is 0 Å². The van der Waals surface area contributed by atoms with Gasteiger partial charge in [-0.1, -0.05) is 30.3 Å². The summed E-state index contributed by atoms with van der Waals surface area (Å²) in [6.45, 7) is 2.48. The first-order chi connectivity index (χ1) is 9.75. The quantitative estimate of drug-likeness (QED) is 0.414. The van der Waals surface area contributed by atoms with Crippen molar-refractivity contribution in [1.82, 2.24) is 0 Å². The van der Waals surface area contributed by atoms with Crippen molar-refractivity contribution in [2.75, 3.05) is 6.61 Å². The zero-order valence-electron chi connectivity index (χ0n) is 11.4. The number of ether oxygens (including phenoxy) is 1. The third kappa shape index (κ3) is 2.35. The van der Waals surface area contributed by atoms with Crippen LogP contribution in [0.1, 0.15) is 6.92 Å². The van der Waals surface area contributed by atoms with E-state index in [1.165, 1.54) is 23.1 Å². The largest absolute Gasteiger partial charge is 0.459 e. The Kier molecular flexibility index (Phi) is 3.33. The van der Waals surface area contributed by atoms with Gasteiger partial charge in [-0.05, 0) is 12.1 Å². The standard InChI is InChI=1S/C17H16NO2/c1-13(19)20-11-10-18-12-14-6-2-3-7-15(14)16-8-4-5-9-17(16)18/h2-9,12H,10-11H2,1H3/q+1. The van der Waals surface area contributed by atoms with Crippen LogP contribution in [0.15, 0.2) is 54.7 Å². The van der Waals surface area contributed by atoms with Crippen molar-refractivity contribution in [3.8, 4) is 0 Å². The van der Waals surface area contributed by atoms with E-state index in [9.17, 15) is 4.79 Å². The molecule has 0 radical (unpaired) electrons. The number of rotatable bonds is 3. The molecule has 3 heteroatoms. The molecule has 0 bridgehead atoms. The highest BCUT2D eigenvalue weighted by Crippen LogP contribution is 2.21. The van der Waals surface area contributed by atoms with E-state index in [0.29, 0.717) is 13.2 Å². The summed E-state index contributed by atoms with van der Waals surface area (Å²) >= 11 is 0. The molecule has 3 rings (SSSR count). The Balaban J connectivity index is 2.11. The van der Waals surface area contributed by atoms with Gasteiger partial charge in [-0.25, -0.2) is 0 Å². The van der Waals surface area contributed by atoms with Crippen molar-refractivity contribution in [3.63, 3.8) is 0 Å². The summed E-state index contributed by atoms with van der Waals surface area (Å²) in [6, 6.07) is 16.6. The van der Waals surface area contributed by atoms with Gasteiger partial charge in [0.15, 0.2) is 19.3 Å². The third-order valence-corrected chi connectivity index (χ3v) is 3.40. The Morgan fingerprint density at radius 2 is 1.75 bits per heavy atom. The number of aromatic nitrogens is 1. The first-order valence-corrected chi connectivity index (χ1v) is 6.69. The Hall–Kier alpha value is -2.42. The van der Waals surface area contributed by atoms with Crippen molar-refractivity contribution in [2.45, 2.75) is 13.5 Å². The van der Waals surface area contributed by atoms with Crippen molar-refractivity contribution in [1.29, 1.82) is 0 Å². The molecule has 0 fully saturated rings. The van der Waals surface area contributed by atoms with Gasteiger partial charge in [0.25, 0.3) is 0 Å². The fourth-order valence-corrected chi connectivity index (χ4v) is 2.52. The second-order valence-corrected chi connectivity index (χ2v) is 4.77. The van der Waals surface area contributed by atoms with Crippen LogP contribution in [0.5, 0.6) is 0 Å². The summed E-state index contributed by atoms with van der Waals surface area (Å²) in [5, 5.41) is 3.65. The van der Waals surface area contributed by atoms with Gasteiger partial charge in [-0.15, -0.1) is 0 Å². The Bertz CT molecular complexity index is 780. The number of carbonyl (C=O) groups is 1. The maximum atomic E-state index is 10.9. The molecule has 3 aromatic rings. The lowest BCUT2D eigenvalue weighted by atomic mass is 10.1. The number of hydrogen-bond donors (Lipinski definition) is 0. The van der Waals surface area contributed by atoms with Gasteiger partial charge in [0, 0.05) is 23.8 Å². The summed E-state index contributed by atoms with van der Waals surface area (Å²) in [6.07, 6.45) is 2.11. The molecule has 0 saturated carbocycles. The number of benzene rings is 2. The van der Waals surface area contributed by atoms with Crippen LogP contribution in [0.25, 0.3) is 21.7 Å². The fraction of sp³-hybridized carbons (Fsp3) is 0.176. The first-order valence-electron chi connectivity index (χ1n) is 6.69. The molecule has 0 aliphatic rings. The van der Waals surface area contributed by atoms with E-state index in [4.69, 9.17) is 4.74 Å². The number of pyridine rings is 1. The van der Waals surface area contributed by atoms with Gasteiger partial charge >= 0.3 is 5.97 Å². The van der Waals surface area contributed by atoms with E-state index < -0.39 is 0 Å². The highest BCUT2D eigenvalue weighted by Gasteiger charge is 2.12. The Morgan fingerprint density at radius 3 is 2.55 bits per heavy atom. The Labute approximate surface area is 117 Å². The molecule has 0 amide bonds. The minimum Gasteiger partial charge on any atom is -0.459 e. The van der Waals surface area contributed by atoms with Gasteiger partial charge < -0.3 is 4.74 Å². The van der Waals surface area contributed by atoms with E-state index in [-0.39, 0.29) is 5.97 Å². The molecule has 1 aromatic heterocycles. The van der Waals surface area contributed by atoms with E-state index in [2.05, 4.69) is 41.1 Å². The molecule has 1 heterocycles. The topological polar surface area (TPSA) is 30.2 Å². The highest BCUT2D eigenvalue weighted by molar-refractivity contribution is 6.03. The SMILES string of the molecule is CC(=O)OCC[n+]1cc2ccccc2c2ccccc21. The summed E-state index contributed by atoms with van der Waals surface area (Å²) in [5.41, 5.74) is 1.15. The molecule has 3 nitrogen and oxygen atoms in total. The summed E-state index contributed by atoms with van der Waals surface area (Å²) < 4.78 is 7.19. The highest BCUT2D eigenvalue weighted by atomic mass is 16.5. The second kappa shape index (κ2) is 5.29. The van der Waals surface area contributed by atoms with Crippen molar-refractivity contribution in [2.24, 2.45) is 0 Å². The van der Waals surface area contributed by atoms with Crippen LogP contribution in [0, 0.1) is 0 Å². The zero-order valence-corrected chi connectivity index (χ0v) is 11.4.